The van der Waals surface area contributed by atoms with Crippen LogP contribution < -0.4 is 16.2 Å². The molecule has 0 fully saturated rings. The van der Waals surface area contributed by atoms with Crippen molar-refractivity contribution in [2.75, 3.05) is 11.9 Å². The van der Waals surface area contributed by atoms with Crippen LogP contribution in [0, 0.1) is 0 Å². The van der Waals surface area contributed by atoms with E-state index in [-0.39, 0.29) is 5.56 Å². The summed E-state index contributed by atoms with van der Waals surface area (Å²) in [5, 5.41) is 7.22. The van der Waals surface area contributed by atoms with E-state index >= 15 is 0 Å². The van der Waals surface area contributed by atoms with Gasteiger partial charge in [-0.2, -0.15) is 0 Å². The number of rotatable bonds is 4. The summed E-state index contributed by atoms with van der Waals surface area (Å²) in [6.07, 6.45) is 0.796. The molecule has 1 aromatic heterocycles. The lowest BCUT2D eigenvalue weighted by Gasteiger charge is -2.20. The van der Waals surface area contributed by atoms with Crippen molar-refractivity contribution in [3.8, 4) is 0 Å². The van der Waals surface area contributed by atoms with E-state index in [1.807, 2.05) is 31.2 Å². The van der Waals surface area contributed by atoms with Gasteiger partial charge in [-0.3, -0.25) is 9.36 Å². The first-order chi connectivity index (χ1) is 10.7. The maximum Gasteiger partial charge on any atom is 0.259 e. The standard InChI is InChI=1S/C16H19ClN4O/c1-2-21-15(22)13-10-18-8-7-14(13)20-16(21)19-9-11-3-5-12(17)6-4-11/h3-6,18H,2,7-10H2,1H3,(H,19,20). The highest BCUT2D eigenvalue weighted by Gasteiger charge is 2.18. The van der Waals surface area contributed by atoms with E-state index in [0.29, 0.717) is 30.6 Å². The summed E-state index contributed by atoms with van der Waals surface area (Å²) >= 11 is 5.89. The van der Waals surface area contributed by atoms with Crippen molar-refractivity contribution in [1.29, 1.82) is 0 Å². The fourth-order valence-electron chi connectivity index (χ4n) is 2.65. The molecular weight excluding hydrogens is 300 g/mol. The summed E-state index contributed by atoms with van der Waals surface area (Å²) in [6, 6.07) is 7.65. The van der Waals surface area contributed by atoms with Gasteiger partial charge in [0.25, 0.3) is 5.56 Å². The Morgan fingerprint density at radius 1 is 1.36 bits per heavy atom. The van der Waals surface area contributed by atoms with Gasteiger partial charge >= 0.3 is 0 Å². The number of nitrogens with one attached hydrogen (secondary N) is 2. The van der Waals surface area contributed by atoms with Crippen LogP contribution in [0.5, 0.6) is 0 Å². The van der Waals surface area contributed by atoms with Gasteiger partial charge in [-0.15, -0.1) is 0 Å². The van der Waals surface area contributed by atoms with Gasteiger partial charge in [0, 0.05) is 37.6 Å². The monoisotopic (exact) mass is 318 g/mol. The summed E-state index contributed by atoms with van der Waals surface area (Å²) in [4.78, 5) is 17.2. The summed E-state index contributed by atoms with van der Waals surface area (Å²) < 4.78 is 1.70. The minimum Gasteiger partial charge on any atom is -0.351 e. The maximum absolute atomic E-state index is 12.5. The van der Waals surface area contributed by atoms with Crippen LogP contribution in [0.15, 0.2) is 29.1 Å². The predicted molar refractivity (Wildman–Crippen MR) is 88.4 cm³/mol. The van der Waals surface area contributed by atoms with Crippen molar-refractivity contribution >= 4 is 17.5 Å². The normalized spacial score (nSPS) is 13.7. The zero-order valence-electron chi connectivity index (χ0n) is 12.5. The fraction of sp³-hybridized carbons (Fsp3) is 0.375. The van der Waals surface area contributed by atoms with Crippen LogP contribution in [0.3, 0.4) is 0 Å². The van der Waals surface area contributed by atoms with Crippen molar-refractivity contribution < 1.29 is 0 Å². The van der Waals surface area contributed by atoms with Gasteiger partial charge in [0.2, 0.25) is 5.95 Å². The molecule has 2 aromatic rings. The van der Waals surface area contributed by atoms with Crippen LogP contribution in [0.4, 0.5) is 5.95 Å². The van der Waals surface area contributed by atoms with Gasteiger partial charge in [0.15, 0.2) is 0 Å². The van der Waals surface area contributed by atoms with Gasteiger partial charge in [0.1, 0.15) is 0 Å². The zero-order valence-corrected chi connectivity index (χ0v) is 13.3. The quantitative estimate of drug-likeness (QED) is 0.907. The number of fused-ring (bicyclic) bond motifs is 1. The van der Waals surface area contributed by atoms with Crippen LogP contribution in [-0.2, 0) is 26.1 Å². The Morgan fingerprint density at radius 3 is 2.86 bits per heavy atom. The fourth-order valence-corrected chi connectivity index (χ4v) is 2.78. The average Bonchev–Trinajstić information content (AvgIpc) is 2.54. The first-order valence-electron chi connectivity index (χ1n) is 7.50. The van der Waals surface area contributed by atoms with E-state index in [2.05, 4.69) is 15.6 Å². The number of halogens is 1. The lowest BCUT2D eigenvalue weighted by molar-refractivity contribution is 0.595. The predicted octanol–water partition coefficient (Wildman–Crippen LogP) is 2.17. The number of hydrogen-bond donors (Lipinski definition) is 2. The average molecular weight is 319 g/mol. The molecule has 0 radical (unpaired) electrons. The molecule has 1 aliphatic rings. The third kappa shape index (κ3) is 3.00. The summed E-state index contributed by atoms with van der Waals surface area (Å²) in [7, 11) is 0. The van der Waals surface area contributed by atoms with Crippen LogP contribution >= 0.6 is 11.6 Å². The molecule has 0 amide bonds. The second kappa shape index (κ2) is 6.50. The van der Waals surface area contributed by atoms with E-state index in [1.54, 1.807) is 4.57 Å². The van der Waals surface area contributed by atoms with Gasteiger partial charge in [0.05, 0.1) is 11.3 Å². The van der Waals surface area contributed by atoms with E-state index in [9.17, 15) is 4.79 Å². The molecule has 116 valence electrons. The molecule has 2 N–H and O–H groups in total. The van der Waals surface area contributed by atoms with Crippen molar-refractivity contribution in [3.05, 3.63) is 56.5 Å². The lowest BCUT2D eigenvalue weighted by Crippen LogP contribution is -2.36. The molecule has 0 saturated heterocycles. The Kier molecular flexibility index (Phi) is 4.45. The first kappa shape index (κ1) is 15.1. The number of benzene rings is 1. The number of aromatic nitrogens is 2. The Labute approximate surface area is 134 Å². The minimum atomic E-state index is 0.0540. The molecule has 6 heteroatoms. The largest absolute Gasteiger partial charge is 0.351 e. The van der Waals surface area contributed by atoms with Crippen molar-refractivity contribution in [2.45, 2.75) is 33.0 Å². The van der Waals surface area contributed by atoms with Crippen LogP contribution in [-0.4, -0.2) is 16.1 Å². The molecule has 0 unspecified atom stereocenters. The molecule has 0 bridgehead atoms. The second-order valence-corrected chi connectivity index (χ2v) is 5.75. The van der Waals surface area contributed by atoms with E-state index < -0.39 is 0 Å². The van der Waals surface area contributed by atoms with Gasteiger partial charge in [-0.25, -0.2) is 4.98 Å². The second-order valence-electron chi connectivity index (χ2n) is 5.32. The smallest absolute Gasteiger partial charge is 0.259 e. The third-order valence-corrected chi connectivity index (χ3v) is 4.12. The molecule has 5 nitrogen and oxygen atoms in total. The zero-order chi connectivity index (χ0) is 15.5. The molecule has 0 spiro atoms. The summed E-state index contributed by atoms with van der Waals surface area (Å²) in [6.45, 7) is 4.65. The van der Waals surface area contributed by atoms with Crippen molar-refractivity contribution in [1.82, 2.24) is 14.9 Å². The van der Waals surface area contributed by atoms with Gasteiger partial charge < -0.3 is 10.6 Å². The van der Waals surface area contributed by atoms with E-state index in [0.717, 1.165) is 29.8 Å². The molecule has 0 saturated carbocycles. The lowest BCUT2D eigenvalue weighted by atomic mass is 10.1. The van der Waals surface area contributed by atoms with E-state index in [1.165, 1.54) is 0 Å². The first-order valence-corrected chi connectivity index (χ1v) is 7.88. The number of anilines is 1. The van der Waals surface area contributed by atoms with E-state index in [4.69, 9.17) is 11.6 Å². The summed E-state index contributed by atoms with van der Waals surface area (Å²) in [5.41, 5.74) is 2.86. The molecular formula is C16H19ClN4O. The molecule has 1 aromatic carbocycles. The SMILES string of the molecule is CCn1c(NCc2ccc(Cl)cc2)nc2c(c1=O)CNCC2. The number of hydrogen-bond acceptors (Lipinski definition) is 4. The Hall–Kier alpha value is -1.85. The van der Waals surface area contributed by atoms with Crippen molar-refractivity contribution in [2.24, 2.45) is 0 Å². The molecule has 1 aliphatic heterocycles. The Morgan fingerprint density at radius 2 is 2.14 bits per heavy atom. The molecule has 3 rings (SSSR count). The Bertz CT molecular complexity index is 724. The molecule has 2 heterocycles. The van der Waals surface area contributed by atoms with Gasteiger partial charge in [-0.1, -0.05) is 23.7 Å². The third-order valence-electron chi connectivity index (χ3n) is 3.87. The minimum absolute atomic E-state index is 0.0540. The highest BCUT2D eigenvalue weighted by Crippen LogP contribution is 2.14. The maximum atomic E-state index is 12.5. The van der Waals surface area contributed by atoms with Gasteiger partial charge in [-0.05, 0) is 24.6 Å². The molecule has 0 aliphatic carbocycles. The van der Waals surface area contributed by atoms with Crippen LogP contribution in [0.25, 0.3) is 0 Å². The summed E-state index contributed by atoms with van der Waals surface area (Å²) in [5.74, 6) is 0.642. The topological polar surface area (TPSA) is 59.0 Å². The Balaban J connectivity index is 1.88. The highest BCUT2D eigenvalue weighted by molar-refractivity contribution is 6.30. The highest BCUT2D eigenvalue weighted by atomic mass is 35.5. The molecule has 0 atom stereocenters. The van der Waals surface area contributed by atoms with Crippen LogP contribution in [0.1, 0.15) is 23.7 Å². The molecule has 22 heavy (non-hydrogen) atoms. The van der Waals surface area contributed by atoms with Crippen molar-refractivity contribution in [3.63, 3.8) is 0 Å². The number of nitrogens with zero attached hydrogens (tertiary/aromatic N) is 2. The van der Waals surface area contributed by atoms with Crippen LogP contribution in [0.2, 0.25) is 5.02 Å².